The molecule has 174 valence electrons. The fraction of sp³-hybridized carbons (Fsp3) is 0.200. The number of amides is 1. The van der Waals surface area contributed by atoms with Gasteiger partial charge >= 0.3 is 5.97 Å². The molecule has 34 heavy (non-hydrogen) atoms. The minimum atomic E-state index is -1.06. The van der Waals surface area contributed by atoms with E-state index in [9.17, 15) is 9.59 Å². The van der Waals surface area contributed by atoms with Gasteiger partial charge in [0.25, 0.3) is 5.91 Å². The number of carboxylic acids is 1. The molecular weight excluding hydrogens is 456 g/mol. The second kappa shape index (κ2) is 9.93. The van der Waals surface area contributed by atoms with Crippen molar-refractivity contribution in [2.24, 2.45) is 0 Å². The molecule has 1 unspecified atom stereocenters. The van der Waals surface area contributed by atoms with Crippen molar-refractivity contribution in [1.29, 1.82) is 0 Å². The van der Waals surface area contributed by atoms with Crippen LogP contribution in [-0.4, -0.2) is 38.1 Å². The Bertz CT molecular complexity index is 1340. The Balaban J connectivity index is 1.51. The van der Waals surface area contributed by atoms with Gasteiger partial charge in [-0.15, -0.1) is 5.10 Å². The highest BCUT2D eigenvalue weighted by atomic mass is 35.5. The number of carboxylic acid groups (broad SMARTS) is 1. The first kappa shape index (κ1) is 23.3. The van der Waals surface area contributed by atoms with Gasteiger partial charge in [-0.2, -0.15) is 0 Å². The third-order valence-corrected chi connectivity index (χ3v) is 5.79. The van der Waals surface area contributed by atoms with Crippen molar-refractivity contribution in [2.45, 2.75) is 32.5 Å². The largest absolute Gasteiger partial charge is 0.479 e. The lowest BCUT2D eigenvalue weighted by molar-refractivity contribution is -0.144. The summed E-state index contributed by atoms with van der Waals surface area (Å²) < 4.78 is 7.10. The number of aromatic nitrogens is 3. The van der Waals surface area contributed by atoms with Gasteiger partial charge in [0.05, 0.1) is 18.1 Å². The number of hydrogen-bond acceptors (Lipinski definition) is 5. The van der Waals surface area contributed by atoms with Gasteiger partial charge in [-0.05, 0) is 61.4 Å². The average molecular weight is 479 g/mol. The second-order valence-corrected chi connectivity index (χ2v) is 8.32. The molecule has 9 heteroatoms. The number of nitrogens with one attached hydrogen (secondary N) is 1. The fourth-order valence-corrected chi connectivity index (χ4v) is 3.67. The lowest BCUT2D eigenvalue weighted by Crippen LogP contribution is -2.26. The quantitative estimate of drug-likeness (QED) is 0.387. The van der Waals surface area contributed by atoms with Crippen molar-refractivity contribution in [3.05, 3.63) is 88.4 Å². The van der Waals surface area contributed by atoms with E-state index in [0.717, 1.165) is 11.1 Å². The molecule has 4 aromatic rings. The van der Waals surface area contributed by atoms with Crippen LogP contribution in [0.25, 0.3) is 11.0 Å². The number of rotatable bonds is 8. The Morgan fingerprint density at radius 1 is 1.09 bits per heavy atom. The van der Waals surface area contributed by atoms with Crippen LogP contribution in [0.5, 0.6) is 5.75 Å². The Hall–Kier alpha value is -3.91. The maximum atomic E-state index is 12.7. The molecule has 0 bridgehead atoms. The highest BCUT2D eigenvalue weighted by molar-refractivity contribution is 6.31. The summed E-state index contributed by atoms with van der Waals surface area (Å²) in [7, 11) is 0. The lowest BCUT2D eigenvalue weighted by Gasteiger charge is -2.14. The number of fused-ring (bicyclic) bond motifs is 1. The highest BCUT2D eigenvalue weighted by Gasteiger charge is 2.16. The van der Waals surface area contributed by atoms with Crippen molar-refractivity contribution < 1.29 is 19.4 Å². The molecule has 0 aliphatic heterocycles. The average Bonchev–Trinajstić information content (AvgIpc) is 3.23. The molecule has 2 N–H and O–H groups in total. The van der Waals surface area contributed by atoms with Crippen LogP contribution in [0.1, 0.15) is 41.4 Å². The number of ether oxygens (including phenoxy) is 1. The number of carbonyl (C=O) groups excluding carboxylic acids is 1. The van der Waals surface area contributed by atoms with Crippen LogP contribution < -0.4 is 10.1 Å². The standard InChI is InChI=1S/C25H23ClN4O4/c1-15(17-6-4-3-5-7-17)27-24(31)18-8-11-23-22(13-18)28-29-30(23)14-19-12-20(9-10-21(19)26)34-16(2)25(32)33/h3-13,15-16H,14H2,1-2H3,(H,27,31)(H,32,33)/t15-,16?/m1/s1. The Morgan fingerprint density at radius 3 is 2.59 bits per heavy atom. The SMILES string of the molecule is CC(Oc1ccc(Cl)c(Cn2nnc3cc(C(=O)N[C@H](C)c4ccccc4)ccc32)c1)C(=O)O. The molecule has 2 atom stereocenters. The third kappa shape index (κ3) is 5.18. The molecule has 0 spiro atoms. The molecule has 1 heterocycles. The summed E-state index contributed by atoms with van der Waals surface area (Å²) in [4.78, 5) is 23.8. The summed E-state index contributed by atoms with van der Waals surface area (Å²) >= 11 is 6.34. The number of aliphatic carboxylic acids is 1. The first-order chi connectivity index (χ1) is 16.3. The molecule has 0 aliphatic rings. The molecule has 0 saturated heterocycles. The monoisotopic (exact) mass is 478 g/mol. The molecule has 8 nitrogen and oxygen atoms in total. The maximum Gasteiger partial charge on any atom is 0.344 e. The second-order valence-electron chi connectivity index (χ2n) is 7.91. The molecule has 1 amide bonds. The molecule has 0 fully saturated rings. The van der Waals surface area contributed by atoms with Crippen LogP contribution in [-0.2, 0) is 11.3 Å². The van der Waals surface area contributed by atoms with Crippen molar-refractivity contribution in [3.8, 4) is 5.75 Å². The van der Waals surface area contributed by atoms with Crippen LogP contribution in [0.3, 0.4) is 0 Å². The molecule has 0 aliphatic carbocycles. The van der Waals surface area contributed by atoms with Gasteiger partial charge in [-0.1, -0.05) is 47.1 Å². The predicted octanol–water partition coefficient (Wildman–Crippen LogP) is 4.48. The third-order valence-electron chi connectivity index (χ3n) is 5.42. The summed E-state index contributed by atoms with van der Waals surface area (Å²) in [6, 6.07) is 19.8. The van der Waals surface area contributed by atoms with Crippen LogP contribution in [0.15, 0.2) is 66.7 Å². The van der Waals surface area contributed by atoms with Crippen LogP contribution >= 0.6 is 11.6 Å². The minimum Gasteiger partial charge on any atom is -0.479 e. The zero-order chi connectivity index (χ0) is 24.2. The maximum absolute atomic E-state index is 12.7. The first-order valence-electron chi connectivity index (χ1n) is 10.7. The van der Waals surface area contributed by atoms with E-state index < -0.39 is 12.1 Å². The molecule has 4 rings (SSSR count). The van der Waals surface area contributed by atoms with E-state index in [1.54, 1.807) is 41.1 Å². The highest BCUT2D eigenvalue weighted by Crippen LogP contribution is 2.25. The van der Waals surface area contributed by atoms with E-state index >= 15 is 0 Å². The van der Waals surface area contributed by atoms with E-state index in [0.29, 0.717) is 34.0 Å². The zero-order valence-corrected chi connectivity index (χ0v) is 19.4. The van der Waals surface area contributed by atoms with E-state index in [2.05, 4.69) is 15.6 Å². The number of carbonyl (C=O) groups is 2. The topological polar surface area (TPSA) is 106 Å². The van der Waals surface area contributed by atoms with Gasteiger partial charge < -0.3 is 15.2 Å². The number of halogens is 1. The summed E-state index contributed by atoms with van der Waals surface area (Å²) in [5.74, 6) is -0.866. The van der Waals surface area contributed by atoms with E-state index in [1.165, 1.54) is 6.92 Å². The van der Waals surface area contributed by atoms with E-state index in [-0.39, 0.29) is 11.9 Å². The van der Waals surface area contributed by atoms with E-state index in [1.807, 2.05) is 37.3 Å². The van der Waals surface area contributed by atoms with Gasteiger partial charge in [-0.3, -0.25) is 4.79 Å². The van der Waals surface area contributed by atoms with Gasteiger partial charge in [0.2, 0.25) is 0 Å². The van der Waals surface area contributed by atoms with Gasteiger partial charge in [0, 0.05) is 10.6 Å². The molecular formula is C25H23ClN4O4. The van der Waals surface area contributed by atoms with Crippen molar-refractivity contribution in [3.63, 3.8) is 0 Å². The van der Waals surface area contributed by atoms with Gasteiger partial charge in [0.1, 0.15) is 11.3 Å². The van der Waals surface area contributed by atoms with Crippen LogP contribution in [0.4, 0.5) is 0 Å². The van der Waals surface area contributed by atoms with E-state index in [4.69, 9.17) is 21.4 Å². The molecule has 0 radical (unpaired) electrons. The summed E-state index contributed by atoms with van der Waals surface area (Å²) in [5.41, 5.74) is 3.50. The molecule has 0 saturated carbocycles. The number of hydrogen-bond donors (Lipinski definition) is 2. The Labute approximate surface area is 201 Å². The number of benzene rings is 3. The normalized spacial score (nSPS) is 12.8. The fourth-order valence-electron chi connectivity index (χ4n) is 3.50. The molecule has 3 aromatic carbocycles. The van der Waals surface area contributed by atoms with Crippen LogP contribution in [0, 0.1) is 0 Å². The van der Waals surface area contributed by atoms with Crippen molar-refractivity contribution in [1.82, 2.24) is 20.3 Å². The van der Waals surface area contributed by atoms with Crippen molar-refractivity contribution in [2.75, 3.05) is 0 Å². The van der Waals surface area contributed by atoms with Crippen LogP contribution in [0.2, 0.25) is 5.02 Å². The van der Waals surface area contributed by atoms with Gasteiger partial charge in [-0.25, -0.2) is 9.48 Å². The number of nitrogens with zero attached hydrogens (tertiary/aromatic N) is 3. The summed E-state index contributed by atoms with van der Waals surface area (Å²) in [6.45, 7) is 3.68. The molecule has 1 aromatic heterocycles. The smallest absolute Gasteiger partial charge is 0.344 e. The summed E-state index contributed by atoms with van der Waals surface area (Å²) in [5, 5.41) is 20.9. The minimum absolute atomic E-state index is 0.138. The Kier molecular flexibility index (Phi) is 6.79. The first-order valence-corrected chi connectivity index (χ1v) is 11.1. The Morgan fingerprint density at radius 2 is 1.85 bits per heavy atom. The summed E-state index contributed by atoms with van der Waals surface area (Å²) in [6.07, 6.45) is -0.990. The van der Waals surface area contributed by atoms with Crippen molar-refractivity contribution >= 4 is 34.5 Å². The lowest BCUT2D eigenvalue weighted by atomic mass is 10.1. The predicted molar refractivity (Wildman–Crippen MR) is 128 cm³/mol. The zero-order valence-electron chi connectivity index (χ0n) is 18.6. The van der Waals surface area contributed by atoms with Gasteiger partial charge in [0.15, 0.2) is 6.10 Å².